The maximum atomic E-state index is 11.9. The Labute approximate surface area is 134 Å². The van der Waals surface area contributed by atoms with Crippen LogP contribution in [-0.2, 0) is 16.0 Å². The summed E-state index contributed by atoms with van der Waals surface area (Å²) in [6.45, 7) is 0.00284. The van der Waals surface area contributed by atoms with Crippen molar-refractivity contribution in [2.45, 2.75) is 6.42 Å². The van der Waals surface area contributed by atoms with E-state index in [0.717, 1.165) is 16.7 Å². The summed E-state index contributed by atoms with van der Waals surface area (Å²) in [6, 6.07) is 14.9. The van der Waals surface area contributed by atoms with Crippen LogP contribution in [-0.4, -0.2) is 25.5 Å². The quantitative estimate of drug-likeness (QED) is 0.818. The van der Waals surface area contributed by atoms with Crippen LogP contribution in [0.2, 0.25) is 0 Å². The van der Waals surface area contributed by atoms with Crippen LogP contribution in [0.25, 0.3) is 5.57 Å². The van der Waals surface area contributed by atoms with E-state index in [1.165, 1.54) is 7.11 Å². The fraction of sp³-hybridized carbons (Fsp3) is 0.158. The highest BCUT2D eigenvalue weighted by atomic mass is 16.5. The average molecular weight is 308 g/mol. The molecule has 0 radical (unpaired) electrons. The molecule has 1 heterocycles. The van der Waals surface area contributed by atoms with E-state index in [1.54, 1.807) is 24.3 Å². The molecule has 1 aliphatic heterocycles. The highest BCUT2D eigenvalue weighted by molar-refractivity contribution is 6.00. The first-order valence-electron chi connectivity index (χ1n) is 7.30. The molecule has 0 aromatic heterocycles. The van der Waals surface area contributed by atoms with Gasteiger partial charge in [-0.3, -0.25) is 4.79 Å². The van der Waals surface area contributed by atoms with Gasteiger partial charge < -0.3 is 9.47 Å². The molecule has 0 unspecified atom stereocenters. The first kappa shape index (κ1) is 15.0. The topological polar surface area (TPSA) is 52.6 Å². The van der Waals surface area contributed by atoms with E-state index in [0.29, 0.717) is 17.7 Å². The van der Waals surface area contributed by atoms with Gasteiger partial charge in [0.05, 0.1) is 12.7 Å². The molecule has 1 aliphatic rings. The minimum absolute atomic E-state index is 0.00284. The van der Waals surface area contributed by atoms with E-state index in [9.17, 15) is 9.59 Å². The first-order valence-corrected chi connectivity index (χ1v) is 7.30. The Morgan fingerprint density at radius 3 is 2.70 bits per heavy atom. The SMILES string of the molecule is COC(=O)c1ccc2c(c1)C(Cc1ccccc1)=CC(=O)CO2. The zero-order valence-corrected chi connectivity index (χ0v) is 12.7. The van der Waals surface area contributed by atoms with Crippen LogP contribution in [0, 0.1) is 0 Å². The Morgan fingerprint density at radius 1 is 1.17 bits per heavy atom. The standard InChI is InChI=1S/C19H16O4/c1-22-19(21)14-7-8-18-17(11-14)15(10-16(20)12-23-18)9-13-5-3-2-4-6-13/h2-8,10-11H,9,12H2,1H3. The molecular formula is C19H16O4. The molecule has 2 aromatic rings. The third-order valence-corrected chi connectivity index (χ3v) is 3.69. The van der Waals surface area contributed by atoms with Gasteiger partial charge in [0.25, 0.3) is 0 Å². The molecule has 0 aliphatic carbocycles. The van der Waals surface area contributed by atoms with E-state index in [4.69, 9.17) is 9.47 Å². The van der Waals surface area contributed by atoms with E-state index >= 15 is 0 Å². The number of methoxy groups -OCH3 is 1. The van der Waals surface area contributed by atoms with Gasteiger partial charge in [-0.1, -0.05) is 30.3 Å². The van der Waals surface area contributed by atoms with Gasteiger partial charge in [0.15, 0.2) is 12.4 Å². The lowest BCUT2D eigenvalue weighted by atomic mass is 9.95. The summed E-state index contributed by atoms with van der Waals surface area (Å²) in [6.07, 6.45) is 2.19. The summed E-state index contributed by atoms with van der Waals surface area (Å²) < 4.78 is 10.3. The van der Waals surface area contributed by atoms with Gasteiger partial charge in [-0.05, 0) is 41.8 Å². The van der Waals surface area contributed by atoms with Crippen molar-refractivity contribution in [1.29, 1.82) is 0 Å². The predicted molar refractivity (Wildman–Crippen MR) is 86.4 cm³/mol. The van der Waals surface area contributed by atoms with Crippen LogP contribution in [0.3, 0.4) is 0 Å². The fourth-order valence-corrected chi connectivity index (χ4v) is 2.58. The number of fused-ring (bicyclic) bond motifs is 1. The Bertz CT molecular complexity index is 775. The van der Waals surface area contributed by atoms with Gasteiger partial charge in [-0.25, -0.2) is 4.79 Å². The van der Waals surface area contributed by atoms with Crippen molar-refractivity contribution in [3.63, 3.8) is 0 Å². The number of benzene rings is 2. The molecule has 0 spiro atoms. The highest BCUT2D eigenvalue weighted by Crippen LogP contribution is 2.32. The molecule has 4 heteroatoms. The zero-order valence-electron chi connectivity index (χ0n) is 12.7. The monoisotopic (exact) mass is 308 g/mol. The molecular weight excluding hydrogens is 292 g/mol. The molecule has 23 heavy (non-hydrogen) atoms. The predicted octanol–water partition coefficient (Wildman–Crippen LogP) is 3.06. The molecule has 0 saturated heterocycles. The summed E-state index contributed by atoms with van der Waals surface area (Å²) >= 11 is 0. The normalized spacial score (nSPS) is 13.4. The number of carbonyl (C=O) groups is 2. The smallest absolute Gasteiger partial charge is 0.337 e. The van der Waals surface area contributed by atoms with Gasteiger partial charge in [0, 0.05) is 5.56 Å². The van der Waals surface area contributed by atoms with Crippen molar-refractivity contribution in [2.24, 2.45) is 0 Å². The number of ketones is 1. The summed E-state index contributed by atoms with van der Waals surface area (Å²) in [5.41, 5.74) is 3.10. The highest BCUT2D eigenvalue weighted by Gasteiger charge is 2.19. The maximum absolute atomic E-state index is 11.9. The van der Waals surface area contributed by atoms with Crippen molar-refractivity contribution >= 4 is 17.3 Å². The van der Waals surface area contributed by atoms with Crippen LogP contribution in [0.1, 0.15) is 21.5 Å². The molecule has 3 rings (SSSR count). The molecule has 0 N–H and O–H groups in total. The average Bonchev–Trinajstić information content (AvgIpc) is 2.74. The summed E-state index contributed by atoms with van der Waals surface area (Å²) in [4.78, 5) is 23.7. The lowest BCUT2D eigenvalue weighted by Crippen LogP contribution is -2.07. The van der Waals surface area contributed by atoms with Crippen LogP contribution in [0.5, 0.6) is 5.75 Å². The van der Waals surface area contributed by atoms with Crippen LogP contribution >= 0.6 is 0 Å². The molecule has 0 fully saturated rings. The number of carbonyl (C=O) groups excluding carboxylic acids is 2. The number of allylic oxidation sites excluding steroid dienone is 1. The number of rotatable bonds is 3. The van der Waals surface area contributed by atoms with Crippen molar-refractivity contribution in [3.8, 4) is 5.75 Å². The number of hydrogen-bond acceptors (Lipinski definition) is 4. The minimum atomic E-state index is -0.414. The zero-order chi connectivity index (χ0) is 16.2. The number of ether oxygens (including phenoxy) is 2. The maximum Gasteiger partial charge on any atom is 0.337 e. The molecule has 0 amide bonds. The van der Waals surface area contributed by atoms with Gasteiger partial charge in [0.2, 0.25) is 0 Å². The van der Waals surface area contributed by atoms with Crippen LogP contribution in [0.15, 0.2) is 54.6 Å². The molecule has 2 aromatic carbocycles. The van der Waals surface area contributed by atoms with Crippen molar-refractivity contribution in [2.75, 3.05) is 13.7 Å². The Balaban J connectivity index is 2.04. The van der Waals surface area contributed by atoms with Gasteiger partial charge in [-0.15, -0.1) is 0 Å². The van der Waals surface area contributed by atoms with Crippen molar-refractivity contribution < 1.29 is 19.1 Å². The van der Waals surface area contributed by atoms with E-state index in [-0.39, 0.29) is 12.4 Å². The third-order valence-electron chi connectivity index (χ3n) is 3.69. The Hall–Kier alpha value is -2.88. The largest absolute Gasteiger partial charge is 0.485 e. The van der Waals surface area contributed by atoms with Crippen molar-refractivity contribution in [1.82, 2.24) is 0 Å². The molecule has 0 bridgehead atoms. The van der Waals surface area contributed by atoms with E-state index in [2.05, 4.69) is 0 Å². The molecule has 4 nitrogen and oxygen atoms in total. The van der Waals surface area contributed by atoms with Crippen molar-refractivity contribution in [3.05, 3.63) is 71.3 Å². The summed E-state index contributed by atoms with van der Waals surface area (Å²) in [7, 11) is 1.34. The van der Waals surface area contributed by atoms with Gasteiger partial charge in [-0.2, -0.15) is 0 Å². The number of esters is 1. The van der Waals surface area contributed by atoms with E-state index < -0.39 is 5.97 Å². The summed E-state index contributed by atoms with van der Waals surface area (Å²) in [5.74, 6) is 0.0971. The van der Waals surface area contributed by atoms with Crippen LogP contribution < -0.4 is 4.74 Å². The second kappa shape index (κ2) is 6.48. The molecule has 116 valence electrons. The second-order valence-electron chi connectivity index (χ2n) is 5.29. The molecule has 0 saturated carbocycles. The second-order valence-corrected chi connectivity index (χ2v) is 5.29. The minimum Gasteiger partial charge on any atom is -0.485 e. The molecule has 0 atom stereocenters. The fourth-order valence-electron chi connectivity index (χ4n) is 2.58. The van der Waals surface area contributed by atoms with Gasteiger partial charge >= 0.3 is 5.97 Å². The first-order chi connectivity index (χ1) is 11.2. The lowest BCUT2D eigenvalue weighted by Gasteiger charge is -2.12. The third kappa shape index (κ3) is 3.31. The number of hydrogen-bond donors (Lipinski definition) is 0. The van der Waals surface area contributed by atoms with Gasteiger partial charge in [0.1, 0.15) is 5.75 Å². The summed E-state index contributed by atoms with van der Waals surface area (Å²) in [5, 5.41) is 0. The van der Waals surface area contributed by atoms with E-state index in [1.807, 2.05) is 30.3 Å². The lowest BCUT2D eigenvalue weighted by molar-refractivity contribution is -0.116. The Morgan fingerprint density at radius 2 is 1.96 bits per heavy atom. The van der Waals surface area contributed by atoms with Crippen LogP contribution in [0.4, 0.5) is 0 Å². The Kier molecular flexibility index (Phi) is 4.24.